The molecule has 0 amide bonds. The number of aryl methyl sites for hydroxylation is 1. The summed E-state index contributed by atoms with van der Waals surface area (Å²) in [7, 11) is 0. The summed E-state index contributed by atoms with van der Waals surface area (Å²) in [5, 5.41) is 14.5. The molecule has 0 aliphatic carbocycles. The largest absolute Gasteiger partial charge is 0.512 e. The Bertz CT molecular complexity index is 1820. The van der Waals surface area contributed by atoms with Crippen LogP contribution in [0.25, 0.3) is 44.0 Å². The number of aliphatic hydroxyl groups excluding tert-OH is 1. The van der Waals surface area contributed by atoms with Crippen molar-refractivity contribution in [2.75, 3.05) is 0 Å². The van der Waals surface area contributed by atoms with Crippen molar-refractivity contribution in [1.29, 1.82) is 0 Å². The summed E-state index contributed by atoms with van der Waals surface area (Å²) in [5.74, 6) is 1.58. The van der Waals surface area contributed by atoms with Crippen molar-refractivity contribution in [3.8, 4) is 11.3 Å². The minimum Gasteiger partial charge on any atom is -0.512 e. The Hall–Kier alpha value is -3.27. The molecule has 0 saturated carbocycles. The van der Waals surface area contributed by atoms with Crippen LogP contribution in [0.2, 0.25) is 0 Å². The van der Waals surface area contributed by atoms with Crippen LogP contribution in [-0.2, 0) is 31.3 Å². The maximum absolute atomic E-state index is 11.7. The molecule has 1 N–H and O–H groups in total. The van der Waals surface area contributed by atoms with Crippen LogP contribution in [0.3, 0.4) is 0 Å². The molecule has 0 atom stereocenters. The molecule has 5 heteroatoms. The van der Waals surface area contributed by atoms with Gasteiger partial charge in [-0.15, -0.1) is 17.7 Å². The van der Waals surface area contributed by atoms with Crippen LogP contribution in [0.5, 0.6) is 0 Å². The fraction of sp³-hybridized carbons (Fsp3) is 0.429. The standard InChI is InChI=1S/C29H28NO.C13H24O2.Ir/c1-17(2)12-20-10-11-22-23(15-20)26(18(3)4)16-30-28(22)25-14-19(5)13-24-21-8-6-7-9-27(21)31-29(24)25;1-5-10(6-2)12(14)9-13(15)11(7-3)8-4;/h6-11,13,15-18H,12H2,1-5H3;9-11,14H,5-8H2,1-4H3;/q-1;;/b;12-9-;. The fourth-order valence-electron chi connectivity index (χ4n) is 6.41. The van der Waals surface area contributed by atoms with E-state index in [0.717, 1.165) is 70.9 Å². The number of ketones is 1. The maximum Gasteiger partial charge on any atom is 0.162 e. The van der Waals surface area contributed by atoms with Gasteiger partial charge in [0, 0.05) is 49.6 Å². The molecule has 0 spiro atoms. The molecule has 5 rings (SSSR count). The van der Waals surface area contributed by atoms with Gasteiger partial charge in [0.1, 0.15) is 5.58 Å². The Kier molecular flexibility index (Phi) is 14.0. The average Bonchev–Trinajstić information content (AvgIpc) is 3.39. The summed E-state index contributed by atoms with van der Waals surface area (Å²) in [6.07, 6.45) is 8.03. The first-order valence-corrected chi connectivity index (χ1v) is 17.2. The number of allylic oxidation sites excluding steroid dienone is 2. The molecular formula is C42H52IrNO3-. The van der Waals surface area contributed by atoms with Gasteiger partial charge in [0.2, 0.25) is 0 Å². The van der Waals surface area contributed by atoms with Crippen LogP contribution in [0.1, 0.15) is 104 Å². The molecule has 0 unspecified atom stereocenters. The monoisotopic (exact) mass is 811 g/mol. The predicted octanol–water partition coefficient (Wildman–Crippen LogP) is 12.1. The minimum atomic E-state index is 0. The number of benzene rings is 3. The van der Waals surface area contributed by atoms with Crippen molar-refractivity contribution >= 4 is 38.5 Å². The van der Waals surface area contributed by atoms with E-state index in [9.17, 15) is 9.90 Å². The summed E-state index contributed by atoms with van der Waals surface area (Å²) in [6, 6.07) is 20.8. The Morgan fingerprint density at radius 1 is 0.872 bits per heavy atom. The van der Waals surface area contributed by atoms with E-state index in [2.05, 4.69) is 77.1 Å². The van der Waals surface area contributed by atoms with Gasteiger partial charge >= 0.3 is 0 Å². The molecule has 253 valence electrons. The van der Waals surface area contributed by atoms with Gasteiger partial charge in [-0.1, -0.05) is 110 Å². The van der Waals surface area contributed by atoms with Crippen molar-refractivity contribution < 1.29 is 34.4 Å². The van der Waals surface area contributed by atoms with Gasteiger partial charge in [-0.2, -0.15) is 0 Å². The molecule has 3 aromatic carbocycles. The Balaban J connectivity index is 0.000000322. The number of nitrogens with zero attached hydrogens (tertiary/aromatic N) is 1. The number of aliphatic hydroxyl groups is 1. The van der Waals surface area contributed by atoms with Gasteiger partial charge in [-0.05, 0) is 77.6 Å². The van der Waals surface area contributed by atoms with E-state index >= 15 is 0 Å². The summed E-state index contributed by atoms with van der Waals surface area (Å²) in [6.45, 7) is 19.2. The smallest absolute Gasteiger partial charge is 0.162 e. The summed E-state index contributed by atoms with van der Waals surface area (Å²) in [5.41, 5.74) is 7.42. The van der Waals surface area contributed by atoms with Crippen molar-refractivity contribution in [3.63, 3.8) is 0 Å². The first kappa shape index (κ1) is 38.2. The second kappa shape index (κ2) is 17.2. The molecule has 4 nitrogen and oxygen atoms in total. The molecule has 5 aromatic rings. The van der Waals surface area contributed by atoms with Crippen LogP contribution < -0.4 is 0 Å². The molecule has 0 saturated heterocycles. The zero-order valence-electron chi connectivity index (χ0n) is 29.7. The topological polar surface area (TPSA) is 63.3 Å². The number of pyridine rings is 1. The predicted molar refractivity (Wildman–Crippen MR) is 195 cm³/mol. The number of hydrogen-bond donors (Lipinski definition) is 1. The number of para-hydroxylation sites is 1. The van der Waals surface area contributed by atoms with Crippen LogP contribution in [0.4, 0.5) is 0 Å². The van der Waals surface area contributed by atoms with Gasteiger partial charge in [-0.25, -0.2) is 0 Å². The minimum absolute atomic E-state index is 0. The molecule has 0 aliphatic rings. The normalized spacial score (nSPS) is 12.0. The third-order valence-electron chi connectivity index (χ3n) is 9.11. The van der Waals surface area contributed by atoms with E-state index < -0.39 is 0 Å². The number of furan rings is 1. The third-order valence-corrected chi connectivity index (χ3v) is 9.11. The number of aromatic nitrogens is 1. The van der Waals surface area contributed by atoms with Crippen molar-refractivity contribution in [2.45, 2.75) is 100 Å². The van der Waals surface area contributed by atoms with E-state index in [4.69, 9.17) is 9.40 Å². The molecule has 0 bridgehead atoms. The molecule has 1 radical (unpaired) electrons. The SMILES string of the molecule is CCC(CC)C(=O)/C=C(\O)C(CC)CC.Cc1[c-]c(-c2ncc(C(C)C)c3cc(CC(C)C)ccc23)c2oc3ccccc3c2c1.[Ir]. The van der Waals surface area contributed by atoms with Gasteiger partial charge in [0.25, 0.3) is 0 Å². The summed E-state index contributed by atoms with van der Waals surface area (Å²) < 4.78 is 6.32. The number of fused-ring (bicyclic) bond motifs is 4. The van der Waals surface area contributed by atoms with Crippen molar-refractivity contribution in [3.05, 3.63) is 89.3 Å². The number of carbonyl (C=O) groups excluding carboxylic acids is 1. The van der Waals surface area contributed by atoms with Crippen molar-refractivity contribution in [2.24, 2.45) is 17.8 Å². The van der Waals surface area contributed by atoms with E-state index in [1.807, 2.05) is 46.0 Å². The molecule has 2 heterocycles. The third kappa shape index (κ3) is 8.80. The first-order chi connectivity index (χ1) is 22.0. The Morgan fingerprint density at radius 2 is 1.53 bits per heavy atom. The maximum atomic E-state index is 11.7. The first-order valence-electron chi connectivity index (χ1n) is 17.2. The van der Waals surface area contributed by atoms with Gasteiger partial charge in [-0.3, -0.25) is 4.79 Å². The number of hydrogen-bond acceptors (Lipinski definition) is 4. The molecule has 0 fully saturated rings. The van der Waals surface area contributed by atoms with Crippen molar-refractivity contribution in [1.82, 2.24) is 4.98 Å². The summed E-state index contributed by atoms with van der Waals surface area (Å²) >= 11 is 0. The fourth-order valence-corrected chi connectivity index (χ4v) is 6.41. The van der Waals surface area contributed by atoms with E-state index in [0.29, 0.717) is 11.8 Å². The van der Waals surface area contributed by atoms with Crippen LogP contribution >= 0.6 is 0 Å². The Morgan fingerprint density at radius 3 is 2.15 bits per heavy atom. The second-order valence-electron chi connectivity index (χ2n) is 13.4. The molecule has 2 aromatic heterocycles. The van der Waals surface area contributed by atoms with E-state index in [1.165, 1.54) is 28.0 Å². The Labute approximate surface area is 295 Å². The zero-order valence-corrected chi connectivity index (χ0v) is 32.1. The van der Waals surface area contributed by atoms with Gasteiger partial charge < -0.3 is 14.5 Å². The van der Waals surface area contributed by atoms with Crippen LogP contribution in [0.15, 0.2) is 71.0 Å². The summed E-state index contributed by atoms with van der Waals surface area (Å²) in [4.78, 5) is 16.7. The molecule has 47 heavy (non-hydrogen) atoms. The second-order valence-corrected chi connectivity index (χ2v) is 13.4. The van der Waals surface area contributed by atoms with Gasteiger partial charge in [0.15, 0.2) is 5.78 Å². The zero-order chi connectivity index (χ0) is 33.5. The van der Waals surface area contributed by atoms with Crippen LogP contribution in [0, 0.1) is 30.7 Å². The number of rotatable bonds is 11. The number of carbonyl (C=O) groups is 1. The van der Waals surface area contributed by atoms with Crippen LogP contribution in [-0.4, -0.2) is 15.9 Å². The van der Waals surface area contributed by atoms with Gasteiger partial charge in [0.05, 0.1) is 11.3 Å². The quantitative estimate of drug-likeness (QED) is 0.0820. The van der Waals surface area contributed by atoms with E-state index in [1.54, 1.807) is 0 Å². The molecule has 0 aliphatic heterocycles. The van der Waals surface area contributed by atoms with E-state index in [-0.39, 0.29) is 43.5 Å². The molecular weight excluding hydrogens is 759 g/mol. The average molecular weight is 811 g/mol.